The van der Waals surface area contributed by atoms with E-state index in [2.05, 4.69) is 10.1 Å². The van der Waals surface area contributed by atoms with Gasteiger partial charge in [0.1, 0.15) is 11.5 Å². The molecule has 0 N–H and O–H groups in total. The van der Waals surface area contributed by atoms with Gasteiger partial charge in [0.2, 0.25) is 5.82 Å². The van der Waals surface area contributed by atoms with Crippen LogP contribution in [0.2, 0.25) is 0 Å². The highest BCUT2D eigenvalue weighted by Crippen LogP contribution is 2.25. The summed E-state index contributed by atoms with van der Waals surface area (Å²) in [4.78, 5) is 16.2. The third-order valence-corrected chi connectivity index (χ3v) is 3.95. The molecule has 3 aromatic rings. The Bertz CT molecular complexity index is 977. The fraction of sp³-hybridized carbons (Fsp3) is 0.190. The Kier molecular flexibility index (Phi) is 6.06. The number of ether oxygens (including phenoxy) is 3. The Morgan fingerprint density at radius 1 is 1.11 bits per heavy atom. The van der Waals surface area contributed by atoms with E-state index in [9.17, 15) is 4.79 Å². The molecule has 0 saturated carbocycles. The molecule has 0 saturated heterocycles. The summed E-state index contributed by atoms with van der Waals surface area (Å²) < 4.78 is 20.8. The van der Waals surface area contributed by atoms with E-state index in [0.29, 0.717) is 23.0 Å². The Morgan fingerprint density at radius 2 is 1.89 bits per heavy atom. The van der Waals surface area contributed by atoms with Crippen LogP contribution in [0.15, 0.2) is 53.1 Å². The molecule has 3 rings (SSSR count). The topological polar surface area (TPSA) is 83.7 Å². The smallest absolute Gasteiger partial charge is 0.331 e. The molecule has 0 radical (unpaired) electrons. The van der Waals surface area contributed by atoms with Crippen LogP contribution < -0.4 is 9.47 Å². The Balaban J connectivity index is 1.60. The predicted molar refractivity (Wildman–Crippen MR) is 103 cm³/mol. The van der Waals surface area contributed by atoms with Crippen molar-refractivity contribution in [2.75, 3.05) is 14.2 Å². The fourth-order valence-corrected chi connectivity index (χ4v) is 2.44. The van der Waals surface area contributed by atoms with Crippen LogP contribution in [-0.2, 0) is 16.1 Å². The van der Waals surface area contributed by atoms with Gasteiger partial charge in [0.25, 0.3) is 5.89 Å². The van der Waals surface area contributed by atoms with Crippen LogP contribution in [0, 0.1) is 6.92 Å². The van der Waals surface area contributed by atoms with Gasteiger partial charge in [-0.05, 0) is 43.3 Å². The molecule has 0 aliphatic heterocycles. The molecule has 7 heteroatoms. The molecule has 0 bridgehead atoms. The van der Waals surface area contributed by atoms with Gasteiger partial charge in [-0.2, -0.15) is 4.98 Å². The van der Waals surface area contributed by atoms with Crippen LogP contribution in [0.1, 0.15) is 17.0 Å². The summed E-state index contributed by atoms with van der Waals surface area (Å²) in [5.74, 6) is 1.40. The number of esters is 1. The largest absolute Gasteiger partial charge is 0.497 e. The van der Waals surface area contributed by atoms with Crippen molar-refractivity contribution in [3.8, 4) is 23.0 Å². The predicted octanol–water partition coefficient (Wildman–Crippen LogP) is 3.82. The summed E-state index contributed by atoms with van der Waals surface area (Å²) in [7, 11) is 3.12. The van der Waals surface area contributed by atoms with Gasteiger partial charge in [-0.15, -0.1) is 0 Å². The average molecular weight is 380 g/mol. The molecule has 0 fully saturated rings. The van der Waals surface area contributed by atoms with Crippen molar-refractivity contribution in [3.05, 3.63) is 65.5 Å². The molecule has 7 nitrogen and oxygen atoms in total. The van der Waals surface area contributed by atoms with Gasteiger partial charge < -0.3 is 18.7 Å². The van der Waals surface area contributed by atoms with E-state index in [-0.39, 0.29) is 12.4 Å². The molecule has 0 atom stereocenters. The van der Waals surface area contributed by atoms with Crippen molar-refractivity contribution in [2.24, 2.45) is 0 Å². The maximum Gasteiger partial charge on any atom is 0.331 e. The standard InChI is InChI=1S/C21H20N2O5/c1-14-4-6-15(7-5-14)21-22-19(23-28-21)13-27-20(24)11-8-16-12-17(25-2)9-10-18(16)26-3/h4-12H,13H2,1-3H3/b11-8+. The minimum Gasteiger partial charge on any atom is -0.497 e. The van der Waals surface area contributed by atoms with E-state index in [1.807, 2.05) is 31.2 Å². The minimum absolute atomic E-state index is 0.0895. The first-order valence-electron chi connectivity index (χ1n) is 8.55. The molecule has 1 aromatic heterocycles. The quantitative estimate of drug-likeness (QED) is 0.455. The van der Waals surface area contributed by atoms with Crippen molar-refractivity contribution in [3.63, 3.8) is 0 Å². The first-order chi connectivity index (χ1) is 13.6. The number of aromatic nitrogens is 2. The van der Waals surface area contributed by atoms with Crippen molar-refractivity contribution in [1.82, 2.24) is 10.1 Å². The summed E-state index contributed by atoms with van der Waals surface area (Å²) in [5, 5.41) is 3.83. The molecular weight excluding hydrogens is 360 g/mol. The summed E-state index contributed by atoms with van der Waals surface area (Å²) in [5.41, 5.74) is 2.64. The highest BCUT2D eigenvalue weighted by atomic mass is 16.5. The number of hydrogen-bond donors (Lipinski definition) is 0. The van der Waals surface area contributed by atoms with E-state index in [0.717, 1.165) is 11.1 Å². The molecular formula is C21H20N2O5. The van der Waals surface area contributed by atoms with Crippen LogP contribution in [-0.4, -0.2) is 30.3 Å². The minimum atomic E-state index is -0.536. The van der Waals surface area contributed by atoms with Crippen LogP contribution in [0.4, 0.5) is 0 Å². The molecule has 0 amide bonds. The van der Waals surface area contributed by atoms with Gasteiger partial charge in [0.15, 0.2) is 6.61 Å². The van der Waals surface area contributed by atoms with E-state index in [1.54, 1.807) is 38.5 Å². The first-order valence-corrected chi connectivity index (χ1v) is 8.55. The van der Waals surface area contributed by atoms with Crippen molar-refractivity contribution in [2.45, 2.75) is 13.5 Å². The summed E-state index contributed by atoms with van der Waals surface area (Å²) in [6, 6.07) is 13.0. The average Bonchev–Trinajstić information content (AvgIpc) is 3.20. The second-order valence-electron chi connectivity index (χ2n) is 5.93. The second kappa shape index (κ2) is 8.85. The summed E-state index contributed by atoms with van der Waals surface area (Å²) in [6.45, 7) is 1.91. The van der Waals surface area contributed by atoms with E-state index >= 15 is 0 Å². The van der Waals surface area contributed by atoms with Crippen LogP contribution in [0.5, 0.6) is 11.5 Å². The number of benzene rings is 2. The fourth-order valence-electron chi connectivity index (χ4n) is 2.44. The van der Waals surface area contributed by atoms with E-state index < -0.39 is 5.97 Å². The van der Waals surface area contributed by atoms with Gasteiger partial charge in [-0.1, -0.05) is 22.9 Å². The van der Waals surface area contributed by atoms with Gasteiger partial charge in [-0.3, -0.25) is 0 Å². The zero-order chi connectivity index (χ0) is 19.9. The van der Waals surface area contributed by atoms with Gasteiger partial charge in [-0.25, -0.2) is 4.79 Å². The number of carbonyl (C=O) groups is 1. The Labute approximate surface area is 162 Å². The van der Waals surface area contributed by atoms with Gasteiger partial charge >= 0.3 is 5.97 Å². The number of carbonyl (C=O) groups excluding carboxylic acids is 1. The first kappa shape index (κ1) is 19.2. The number of hydrogen-bond acceptors (Lipinski definition) is 7. The normalized spacial score (nSPS) is 10.8. The third-order valence-electron chi connectivity index (χ3n) is 3.95. The van der Waals surface area contributed by atoms with Crippen LogP contribution in [0.3, 0.4) is 0 Å². The molecule has 0 aliphatic rings. The lowest BCUT2D eigenvalue weighted by molar-refractivity contribution is -0.139. The van der Waals surface area contributed by atoms with E-state index in [4.69, 9.17) is 18.7 Å². The zero-order valence-corrected chi connectivity index (χ0v) is 15.8. The number of nitrogens with zero attached hydrogens (tertiary/aromatic N) is 2. The molecule has 0 spiro atoms. The molecule has 2 aromatic carbocycles. The highest BCUT2D eigenvalue weighted by Gasteiger charge is 2.10. The number of methoxy groups -OCH3 is 2. The second-order valence-corrected chi connectivity index (χ2v) is 5.93. The van der Waals surface area contributed by atoms with Crippen molar-refractivity contribution in [1.29, 1.82) is 0 Å². The van der Waals surface area contributed by atoms with E-state index in [1.165, 1.54) is 6.08 Å². The monoisotopic (exact) mass is 380 g/mol. The lowest BCUT2D eigenvalue weighted by atomic mass is 10.1. The third kappa shape index (κ3) is 4.76. The highest BCUT2D eigenvalue weighted by molar-refractivity contribution is 5.87. The Hall–Kier alpha value is -3.61. The summed E-state index contributed by atoms with van der Waals surface area (Å²) in [6.07, 6.45) is 2.90. The van der Waals surface area contributed by atoms with Gasteiger partial charge in [0.05, 0.1) is 14.2 Å². The maximum absolute atomic E-state index is 12.0. The lowest BCUT2D eigenvalue weighted by Crippen LogP contribution is -2.02. The SMILES string of the molecule is COc1ccc(OC)c(/C=C/C(=O)OCc2noc(-c3ccc(C)cc3)n2)c1. The maximum atomic E-state index is 12.0. The molecule has 1 heterocycles. The lowest BCUT2D eigenvalue weighted by Gasteiger charge is -2.07. The molecule has 0 aliphatic carbocycles. The number of aryl methyl sites for hydroxylation is 1. The summed E-state index contributed by atoms with van der Waals surface area (Å²) >= 11 is 0. The van der Waals surface area contributed by atoms with Crippen LogP contribution >= 0.6 is 0 Å². The molecule has 0 unspecified atom stereocenters. The molecule has 28 heavy (non-hydrogen) atoms. The number of rotatable bonds is 7. The van der Waals surface area contributed by atoms with Crippen molar-refractivity contribution < 1.29 is 23.5 Å². The zero-order valence-electron chi connectivity index (χ0n) is 15.8. The Morgan fingerprint density at radius 3 is 2.61 bits per heavy atom. The van der Waals surface area contributed by atoms with Crippen molar-refractivity contribution >= 4 is 12.0 Å². The van der Waals surface area contributed by atoms with Gasteiger partial charge in [0, 0.05) is 17.2 Å². The molecule has 144 valence electrons. The van der Waals surface area contributed by atoms with Crippen LogP contribution in [0.25, 0.3) is 17.5 Å².